The lowest BCUT2D eigenvalue weighted by atomic mass is 9.95. The third-order valence-electron chi connectivity index (χ3n) is 5.54. The van der Waals surface area contributed by atoms with Gasteiger partial charge in [0.25, 0.3) is 0 Å². The van der Waals surface area contributed by atoms with E-state index < -0.39 is 30.5 Å². The molecule has 10 heteroatoms. The lowest BCUT2D eigenvalue weighted by Gasteiger charge is -2.28. The molecule has 4 N–H and O–H groups in total. The lowest BCUT2D eigenvalue weighted by molar-refractivity contribution is -0.346. The van der Waals surface area contributed by atoms with Crippen LogP contribution in [0.15, 0.2) is 48.5 Å². The largest absolute Gasteiger partial charge is 0.522 e. The van der Waals surface area contributed by atoms with Gasteiger partial charge in [-0.05, 0) is 73.2 Å². The number of alkyl halides is 3. The number of halogens is 3. The zero-order chi connectivity index (χ0) is 25.4. The monoisotopic (exact) mass is 492 g/mol. The molecule has 0 atom stereocenters. The van der Waals surface area contributed by atoms with Gasteiger partial charge in [0.15, 0.2) is 0 Å². The highest BCUT2D eigenvalue weighted by molar-refractivity contribution is 5.90. The van der Waals surface area contributed by atoms with Gasteiger partial charge >= 0.3 is 18.3 Å². The maximum atomic E-state index is 12.3. The molecule has 0 aromatic heterocycles. The van der Waals surface area contributed by atoms with Crippen LogP contribution in [-0.2, 0) is 25.4 Å². The summed E-state index contributed by atoms with van der Waals surface area (Å²) in [6, 6.07) is 11.5. The summed E-state index contributed by atoms with van der Waals surface area (Å²) in [7, 11) is 0. The third-order valence-corrected chi connectivity index (χ3v) is 5.54. The summed E-state index contributed by atoms with van der Waals surface area (Å²) in [4.78, 5) is 24.3. The second kappa shape index (κ2) is 11.7. The van der Waals surface area contributed by atoms with E-state index in [0.717, 1.165) is 5.56 Å². The number of carbonyl (C=O) groups excluding carboxylic acids is 2. The van der Waals surface area contributed by atoms with Crippen LogP contribution in [0, 0.1) is 0 Å². The topological polar surface area (TPSA) is 114 Å². The predicted molar refractivity (Wildman–Crippen MR) is 124 cm³/mol. The first-order chi connectivity index (χ1) is 16.6. The maximum Gasteiger partial charge on any atom is 0.522 e. The van der Waals surface area contributed by atoms with Crippen molar-refractivity contribution in [2.45, 2.75) is 50.7 Å². The molecule has 0 bridgehead atoms. The number of carbonyl (C=O) groups is 2. The molecule has 188 valence electrons. The molecule has 3 rings (SSSR count). The molecule has 35 heavy (non-hydrogen) atoms. The Labute approximate surface area is 200 Å². The van der Waals surface area contributed by atoms with Gasteiger partial charge in [-0.3, -0.25) is 4.74 Å². The molecule has 0 spiro atoms. The van der Waals surface area contributed by atoms with Crippen LogP contribution in [0.4, 0.5) is 24.5 Å². The zero-order valence-electron chi connectivity index (χ0n) is 18.9. The van der Waals surface area contributed by atoms with Crippen molar-refractivity contribution in [2.24, 2.45) is 0 Å². The van der Waals surface area contributed by atoms with Gasteiger partial charge in [-0.2, -0.15) is 0 Å². The number of hydrogen-bond acceptors (Lipinski definition) is 7. The first-order valence-corrected chi connectivity index (χ1v) is 11.1. The van der Waals surface area contributed by atoms with Crippen molar-refractivity contribution in [1.82, 2.24) is 0 Å². The van der Waals surface area contributed by atoms with Gasteiger partial charge in [0.1, 0.15) is 6.10 Å². The summed E-state index contributed by atoms with van der Waals surface area (Å²) in [5.74, 6) is -1.08. The fourth-order valence-electron chi connectivity index (χ4n) is 3.72. The molecule has 0 unspecified atom stereocenters. The Balaban J connectivity index is 1.41. The summed E-state index contributed by atoms with van der Waals surface area (Å²) in [5, 5.41) is 0. The SMILES string of the molecule is Nc1ccc(N)c(CCOC(=O)/C=C/c2ccc(C(=O)OC3CCC(OC(F)(F)F)CC3)cc2)c1. The number of hydrogen-bond donors (Lipinski definition) is 2. The van der Waals surface area contributed by atoms with Gasteiger partial charge in [-0.25, -0.2) is 9.59 Å². The van der Waals surface area contributed by atoms with Crippen molar-refractivity contribution >= 4 is 29.4 Å². The Bertz CT molecular complexity index is 1050. The van der Waals surface area contributed by atoms with E-state index in [1.807, 2.05) is 0 Å². The molecule has 1 fully saturated rings. The van der Waals surface area contributed by atoms with E-state index >= 15 is 0 Å². The molecule has 1 saturated carbocycles. The van der Waals surface area contributed by atoms with Crippen LogP contribution in [0.1, 0.15) is 47.2 Å². The summed E-state index contributed by atoms with van der Waals surface area (Å²) in [5.41, 5.74) is 14.5. The second-order valence-corrected chi connectivity index (χ2v) is 8.20. The minimum Gasteiger partial charge on any atom is -0.462 e. The highest BCUT2D eigenvalue weighted by Crippen LogP contribution is 2.29. The normalized spacial score (nSPS) is 18.4. The Morgan fingerprint density at radius 3 is 2.29 bits per heavy atom. The van der Waals surface area contributed by atoms with E-state index in [4.69, 9.17) is 20.9 Å². The average molecular weight is 492 g/mol. The van der Waals surface area contributed by atoms with Crippen LogP contribution < -0.4 is 11.5 Å². The molecule has 2 aromatic carbocycles. The molecule has 0 radical (unpaired) electrons. The van der Waals surface area contributed by atoms with Crippen molar-refractivity contribution < 1.29 is 37.0 Å². The maximum absolute atomic E-state index is 12.3. The van der Waals surface area contributed by atoms with E-state index in [0.29, 0.717) is 41.8 Å². The van der Waals surface area contributed by atoms with Crippen LogP contribution in [-0.4, -0.2) is 37.1 Å². The zero-order valence-corrected chi connectivity index (χ0v) is 18.9. The second-order valence-electron chi connectivity index (χ2n) is 8.20. The molecule has 0 amide bonds. The van der Waals surface area contributed by atoms with Gasteiger partial charge in [0.05, 0.1) is 18.3 Å². The Morgan fingerprint density at radius 1 is 0.971 bits per heavy atom. The summed E-state index contributed by atoms with van der Waals surface area (Å²) < 4.78 is 51.5. The summed E-state index contributed by atoms with van der Waals surface area (Å²) in [6.07, 6.45) is -1.80. The van der Waals surface area contributed by atoms with E-state index in [1.165, 1.54) is 6.08 Å². The molecule has 0 heterocycles. The third kappa shape index (κ3) is 8.64. The van der Waals surface area contributed by atoms with Crippen LogP contribution >= 0.6 is 0 Å². The average Bonchev–Trinajstić information content (AvgIpc) is 2.80. The van der Waals surface area contributed by atoms with Crippen molar-refractivity contribution in [1.29, 1.82) is 0 Å². The fourth-order valence-corrected chi connectivity index (χ4v) is 3.72. The highest BCUT2D eigenvalue weighted by Gasteiger charge is 2.36. The number of nitrogens with two attached hydrogens (primary N) is 2. The number of anilines is 2. The van der Waals surface area contributed by atoms with Gasteiger partial charge in [0.2, 0.25) is 0 Å². The first kappa shape index (κ1) is 26.1. The van der Waals surface area contributed by atoms with Gasteiger partial charge < -0.3 is 20.9 Å². The van der Waals surface area contributed by atoms with Crippen LogP contribution in [0.3, 0.4) is 0 Å². The molecule has 1 aliphatic rings. The molecule has 1 aliphatic carbocycles. The minimum atomic E-state index is -4.66. The summed E-state index contributed by atoms with van der Waals surface area (Å²) in [6.45, 7) is 0.145. The molecular formula is C25H27F3N2O5. The van der Waals surface area contributed by atoms with Crippen molar-refractivity contribution in [3.8, 4) is 0 Å². The Kier molecular flexibility index (Phi) is 8.75. The Morgan fingerprint density at radius 2 is 1.63 bits per heavy atom. The fraction of sp³-hybridized carbons (Fsp3) is 0.360. The Hall–Kier alpha value is -3.53. The van der Waals surface area contributed by atoms with Crippen molar-refractivity contribution in [2.75, 3.05) is 18.1 Å². The van der Waals surface area contributed by atoms with Gasteiger partial charge in [0, 0.05) is 23.9 Å². The summed E-state index contributed by atoms with van der Waals surface area (Å²) >= 11 is 0. The van der Waals surface area contributed by atoms with E-state index in [1.54, 1.807) is 48.5 Å². The van der Waals surface area contributed by atoms with Gasteiger partial charge in [-0.15, -0.1) is 13.2 Å². The van der Waals surface area contributed by atoms with Crippen molar-refractivity contribution in [3.63, 3.8) is 0 Å². The number of benzene rings is 2. The molecule has 0 saturated heterocycles. The quantitative estimate of drug-likeness (QED) is 0.313. The van der Waals surface area contributed by atoms with Crippen LogP contribution in [0.25, 0.3) is 6.08 Å². The first-order valence-electron chi connectivity index (χ1n) is 11.1. The smallest absolute Gasteiger partial charge is 0.462 e. The molecular weight excluding hydrogens is 465 g/mol. The van der Waals surface area contributed by atoms with E-state index in [2.05, 4.69) is 4.74 Å². The number of rotatable bonds is 8. The van der Waals surface area contributed by atoms with Crippen molar-refractivity contribution in [3.05, 3.63) is 65.2 Å². The molecule has 0 aliphatic heterocycles. The van der Waals surface area contributed by atoms with Crippen LogP contribution in [0.5, 0.6) is 0 Å². The lowest BCUT2D eigenvalue weighted by Crippen LogP contribution is -2.31. The van der Waals surface area contributed by atoms with Gasteiger partial charge in [-0.1, -0.05) is 12.1 Å². The van der Waals surface area contributed by atoms with E-state index in [9.17, 15) is 22.8 Å². The standard InChI is InChI=1S/C25H27F3N2O5/c26-25(27,28)35-21-9-7-20(8-10-21)34-24(32)17-4-1-16(2-5-17)3-12-23(31)33-14-13-18-15-19(29)6-11-22(18)30/h1-6,11-12,15,20-21H,7-10,13-14,29-30H2/b12-3+. The van der Waals surface area contributed by atoms with Crippen LogP contribution in [0.2, 0.25) is 0 Å². The molecule has 7 nitrogen and oxygen atoms in total. The number of esters is 2. The highest BCUT2D eigenvalue weighted by atomic mass is 19.4. The number of nitrogen functional groups attached to an aromatic ring is 2. The minimum absolute atomic E-state index is 0.145. The predicted octanol–water partition coefficient (Wildman–Crippen LogP) is 4.65. The molecule has 2 aromatic rings. The number of ether oxygens (including phenoxy) is 3. The van der Waals surface area contributed by atoms with E-state index in [-0.39, 0.29) is 19.4 Å².